The molecule has 1 aromatic carbocycles. The van der Waals surface area contributed by atoms with E-state index < -0.39 is 6.61 Å². The van der Waals surface area contributed by atoms with Crippen LogP contribution in [0.4, 0.5) is 14.5 Å². The lowest BCUT2D eigenvalue weighted by atomic mass is 9.57. The number of hydrogen-bond acceptors (Lipinski definition) is 4. The van der Waals surface area contributed by atoms with Crippen LogP contribution in [0.25, 0.3) is 0 Å². The minimum Gasteiger partial charge on any atom is -0.433 e. The summed E-state index contributed by atoms with van der Waals surface area (Å²) >= 11 is 0. The summed E-state index contributed by atoms with van der Waals surface area (Å²) in [5.41, 5.74) is 0.778. The van der Waals surface area contributed by atoms with Gasteiger partial charge in [0.25, 0.3) is 0 Å². The Morgan fingerprint density at radius 3 is 2.81 bits per heavy atom. The van der Waals surface area contributed by atoms with Crippen molar-refractivity contribution in [1.82, 2.24) is 10.6 Å². The Morgan fingerprint density at radius 2 is 2.06 bits per heavy atom. The van der Waals surface area contributed by atoms with Gasteiger partial charge in [-0.1, -0.05) is 26.0 Å². The van der Waals surface area contributed by atoms with E-state index in [1.807, 2.05) is 19.1 Å². The highest BCUT2D eigenvalue weighted by atomic mass is 127. The van der Waals surface area contributed by atoms with Crippen LogP contribution in [-0.4, -0.2) is 57.0 Å². The molecule has 31 heavy (non-hydrogen) atoms. The number of guanidine groups is 1. The molecule has 1 aromatic rings. The summed E-state index contributed by atoms with van der Waals surface area (Å²) < 4.78 is 36.1. The van der Waals surface area contributed by atoms with Crippen LogP contribution in [0.3, 0.4) is 0 Å². The molecule has 0 aromatic heterocycles. The van der Waals surface area contributed by atoms with Gasteiger partial charge in [0, 0.05) is 49.7 Å². The standard InChI is InChI=1S/C22H32F2N4O2.HI/c1-4-25-21(27-18-15-10-12-29-19(15)22(18,2)3)26-14-9-11-28(13-14)16-7-5-6-8-17(16)30-20(23)24;/h5-8,14-15,18-20H,4,9-13H2,1-3H3,(H2,25,26,27);1H. The fourth-order valence-corrected chi connectivity index (χ4v) is 5.26. The van der Waals surface area contributed by atoms with Gasteiger partial charge < -0.3 is 25.0 Å². The number of hydrogen-bond donors (Lipinski definition) is 2. The van der Waals surface area contributed by atoms with E-state index in [2.05, 4.69) is 34.4 Å². The van der Waals surface area contributed by atoms with Crippen molar-refractivity contribution in [3.8, 4) is 5.75 Å². The SMILES string of the molecule is CCN=C(NC1CCN(c2ccccc2OC(F)F)C1)NC1C2CCOC2C1(C)C.I. The molecule has 174 valence electrons. The van der Waals surface area contributed by atoms with Crippen LogP contribution in [0.5, 0.6) is 5.75 Å². The third kappa shape index (κ3) is 5.02. The second-order valence-electron chi connectivity index (χ2n) is 8.93. The highest BCUT2D eigenvalue weighted by Gasteiger charge is 2.59. The van der Waals surface area contributed by atoms with Crippen LogP contribution >= 0.6 is 24.0 Å². The van der Waals surface area contributed by atoms with Crippen LogP contribution in [0, 0.1) is 11.3 Å². The summed E-state index contributed by atoms with van der Waals surface area (Å²) in [6.07, 6.45) is 2.31. The number of benzene rings is 1. The molecule has 0 radical (unpaired) electrons. The fourth-order valence-electron chi connectivity index (χ4n) is 5.26. The van der Waals surface area contributed by atoms with E-state index in [1.54, 1.807) is 12.1 Å². The number of alkyl halides is 2. The predicted octanol–water partition coefficient (Wildman–Crippen LogP) is 3.85. The van der Waals surface area contributed by atoms with Gasteiger partial charge in [0.2, 0.25) is 0 Å². The summed E-state index contributed by atoms with van der Waals surface area (Å²) in [6, 6.07) is 7.49. The molecule has 3 fully saturated rings. The Morgan fingerprint density at radius 1 is 1.29 bits per heavy atom. The lowest BCUT2D eigenvalue weighted by molar-refractivity contribution is -0.106. The second kappa shape index (κ2) is 10.1. The zero-order chi connectivity index (χ0) is 21.3. The molecule has 6 nitrogen and oxygen atoms in total. The number of nitrogens with zero attached hydrogens (tertiary/aromatic N) is 2. The number of rotatable bonds is 6. The smallest absolute Gasteiger partial charge is 0.387 e. The average Bonchev–Trinajstić information content (AvgIpc) is 3.34. The van der Waals surface area contributed by atoms with E-state index in [1.165, 1.54) is 0 Å². The molecule has 1 saturated carbocycles. The van der Waals surface area contributed by atoms with Crippen molar-refractivity contribution in [2.75, 3.05) is 31.1 Å². The molecular weight excluding hydrogens is 517 g/mol. The van der Waals surface area contributed by atoms with Crippen LogP contribution < -0.4 is 20.3 Å². The van der Waals surface area contributed by atoms with E-state index in [0.29, 0.717) is 36.8 Å². The van der Waals surface area contributed by atoms with E-state index >= 15 is 0 Å². The highest BCUT2D eigenvalue weighted by Crippen LogP contribution is 2.52. The van der Waals surface area contributed by atoms with Crippen molar-refractivity contribution in [2.45, 2.75) is 58.4 Å². The third-order valence-corrected chi connectivity index (χ3v) is 6.66. The van der Waals surface area contributed by atoms with E-state index in [-0.39, 0.29) is 41.2 Å². The monoisotopic (exact) mass is 550 g/mol. The number of halogens is 3. The molecule has 0 bridgehead atoms. The molecule has 2 N–H and O–H groups in total. The van der Waals surface area contributed by atoms with Crippen molar-refractivity contribution in [3.63, 3.8) is 0 Å². The second-order valence-corrected chi connectivity index (χ2v) is 8.93. The first-order valence-corrected chi connectivity index (χ1v) is 10.9. The maximum atomic E-state index is 12.8. The van der Waals surface area contributed by atoms with Crippen LogP contribution in [-0.2, 0) is 4.74 Å². The Labute approximate surface area is 200 Å². The van der Waals surface area contributed by atoms with Gasteiger partial charge in [0.1, 0.15) is 5.75 Å². The summed E-state index contributed by atoms with van der Waals surface area (Å²) in [5.74, 6) is 1.57. The Kier molecular flexibility index (Phi) is 7.88. The number of aliphatic imine (C=N–C) groups is 1. The predicted molar refractivity (Wildman–Crippen MR) is 129 cm³/mol. The quantitative estimate of drug-likeness (QED) is 0.320. The molecular formula is C22H33F2IN4O2. The largest absolute Gasteiger partial charge is 0.433 e. The molecule has 3 aliphatic rings. The van der Waals surface area contributed by atoms with Gasteiger partial charge in [-0.05, 0) is 31.9 Å². The van der Waals surface area contributed by atoms with E-state index in [0.717, 1.165) is 32.0 Å². The highest BCUT2D eigenvalue weighted by molar-refractivity contribution is 14.0. The minimum absolute atomic E-state index is 0. The van der Waals surface area contributed by atoms with Gasteiger partial charge in [-0.15, -0.1) is 24.0 Å². The van der Waals surface area contributed by atoms with Crippen molar-refractivity contribution >= 4 is 35.6 Å². The number of para-hydroxylation sites is 2. The molecule has 9 heteroatoms. The van der Waals surface area contributed by atoms with Gasteiger partial charge in [0.05, 0.1) is 11.8 Å². The first-order valence-electron chi connectivity index (χ1n) is 10.9. The molecule has 0 amide bonds. The Hall–Kier alpha value is -1.36. The van der Waals surface area contributed by atoms with Crippen molar-refractivity contribution < 1.29 is 18.3 Å². The lowest BCUT2D eigenvalue weighted by Crippen LogP contribution is -2.68. The zero-order valence-electron chi connectivity index (χ0n) is 18.3. The van der Waals surface area contributed by atoms with E-state index in [9.17, 15) is 8.78 Å². The molecule has 2 aliphatic heterocycles. The number of nitrogens with one attached hydrogen (secondary N) is 2. The van der Waals surface area contributed by atoms with Gasteiger partial charge >= 0.3 is 6.61 Å². The Balaban J connectivity index is 0.00000272. The molecule has 4 atom stereocenters. The minimum atomic E-state index is -2.83. The summed E-state index contributed by atoms with van der Waals surface area (Å²) in [6.45, 7) is 6.69. The normalized spacial score (nSPS) is 29.2. The van der Waals surface area contributed by atoms with Gasteiger partial charge in [0.15, 0.2) is 5.96 Å². The average molecular weight is 550 g/mol. The first-order chi connectivity index (χ1) is 14.4. The summed E-state index contributed by atoms with van der Waals surface area (Å²) in [4.78, 5) is 6.75. The topological polar surface area (TPSA) is 58.1 Å². The van der Waals surface area contributed by atoms with Crippen molar-refractivity contribution in [2.24, 2.45) is 16.3 Å². The van der Waals surface area contributed by atoms with Crippen LogP contribution in [0.1, 0.15) is 33.6 Å². The van der Waals surface area contributed by atoms with Crippen LogP contribution in [0.2, 0.25) is 0 Å². The third-order valence-electron chi connectivity index (χ3n) is 6.66. The fraction of sp³-hybridized carbons (Fsp3) is 0.682. The summed E-state index contributed by atoms with van der Waals surface area (Å²) in [5, 5.41) is 7.21. The maximum Gasteiger partial charge on any atom is 0.387 e. The zero-order valence-corrected chi connectivity index (χ0v) is 20.6. The lowest BCUT2D eigenvalue weighted by Gasteiger charge is -2.55. The van der Waals surface area contributed by atoms with Gasteiger partial charge in [-0.25, -0.2) is 0 Å². The first kappa shape index (κ1) is 24.3. The summed E-state index contributed by atoms with van der Waals surface area (Å²) in [7, 11) is 0. The molecule has 4 unspecified atom stereocenters. The van der Waals surface area contributed by atoms with Crippen molar-refractivity contribution in [3.05, 3.63) is 24.3 Å². The molecule has 1 aliphatic carbocycles. The molecule has 2 heterocycles. The van der Waals surface area contributed by atoms with Crippen molar-refractivity contribution in [1.29, 1.82) is 0 Å². The maximum absolute atomic E-state index is 12.8. The number of fused-ring (bicyclic) bond motifs is 1. The van der Waals surface area contributed by atoms with Crippen LogP contribution in [0.15, 0.2) is 29.3 Å². The Bertz CT molecular complexity index is 780. The molecule has 0 spiro atoms. The molecule has 2 saturated heterocycles. The number of anilines is 1. The van der Waals surface area contributed by atoms with Gasteiger partial charge in [-0.2, -0.15) is 8.78 Å². The van der Waals surface area contributed by atoms with Gasteiger partial charge in [-0.3, -0.25) is 4.99 Å². The van der Waals surface area contributed by atoms with E-state index in [4.69, 9.17) is 9.47 Å². The number of ether oxygens (including phenoxy) is 2. The molecule has 4 rings (SSSR count).